The summed E-state index contributed by atoms with van der Waals surface area (Å²) in [5.41, 5.74) is 0. The standard InChI is InChI=1S/C11H24O4/c1-10(12)8-14-6-4-5-7-15-11(2)9-13-3/h10-12H,4-9H2,1-3H3. The van der Waals surface area contributed by atoms with Crippen LogP contribution < -0.4 is 0 Å². The minimum atomic E-state index is -0.372. The molecule has 0 fully saturated rings. The summed E-state index contributed by atoms with van der Waals surface area (Å²) in [7, 11) is 1.67. The average molecular weight is 220 g/mol. The van der Waals surface area contributed by atoms with Crippen molar-refractivity contribution in [3.8, 4) is 0 Å². The highest BCUT2D eigenvalue weighted by molar-refractivity contribution is 4.47. The number of unbranched alkanes of at least 4 members (excludes halogenated alkanes) is 1. The molecule has 15 heavy (non-hydrogen) atoms. The van der Waals surface area contributed by atoms with Gasteiger partial charge in [-0.05, 0) is 26.7 Å². The molecule has 0 heterocycles. The van der Waals surface area contributed by atoms with E-state index in [2.05, 4.69) is 0 Å². The molecule has 4 heteroatoms. The Hall–Kier alpha value is -0.160. The lowest BCUT2D eigenvalue weighted by molar-refractivity contribution is 0.00266. The van der Waals surface area contributed by atoms with E-state index in [9.17, 15) is 0 Å². The van der Waals surface area contributed by atoms with Gasteiger partial charge in [0.15, 0.2) is 0 Å². The van der Waals surface area contributed by atoms with Crippen molar-refractivity contribution in [3.05, 3.63) is 0 Å². The Morgan fingerprint density at radius 1 is 1.07 bits per heavy atom. The molecular weight excluding hydrogens is 196 g/mol. The van der Waals surface area contributed by atoms with E-state index in [1.807, 2.05) is 6.92 Å². The number of hydrogen-bond donors (Lipinski definition) is 1. The summed E-state index contributed by atoms with van der Waals surface area (Å²) in [5.74, 6) is 0. The third-order valence-electron chi connectivity index (χ3n) is 1.85. The molecule has 2 atom stereocenters. The van der Waals surface area contributed by atoms with Crippen LogP contribution in [0.5, 0.6) is 0 Å². The summed E-state index contributed by atoms with van der Waals surface area (Å²) < 4.78 is 15.6. The monoisotopic (exact) mass is 220 g/mol. The van der Waals surface area contributed by atoms with E-state index in [-0.39, 0.29) is 12.2 Å². The molecule has 0 spiro atoms. The van der Waals surface area contributed by atoms with Crippen LogP contribution in [0.25, 0.3) is 0 Å². The second-order valence-electron chi connectivity index (χ2n) is 3.77. The molecule has 0 aromatic heterocycles. The second kappa shape index (κ2) is 10.4. The maximum absolute atomic E-state index is 8.92. The molecule has 0 aromatic rings. The van der Waals surface area contributed by atoms with Crippen molar-refractivity contribution in [2.24, 2.45) is 0 Å². The van der Waals surface area contributed by atoms with E-state index in [4.69, 9.17) is 19.3 Å². The summed E-state index contributed by atoms with van der Waals surface area (Å²) >= 11 is 0. The molecular formula is C11H24O4. The zero-order valence-corrected chi connectivity index (χ0v) is 10.1. The lowest BCUT2D eigenvalue weighted by atomic mass is 10.3. The Balaban J connectivity index is 3.04. The van der Waals surface area contributed by atoms with Gasteiger partial charge in [0.05, 0.1) is 25.4 Å². The fraction of sp³-hybridized carbons (Fsp3) is 1.00. The molecule has 0 radical (unpaired) electrons. The molecule has 0 saturated heterocycles. The maximum atomic E-state index is 8.92. The molecule has 1 N–H and O–H groups in total. The summed E-state index contributed by atoms with van der Waals surface area (Å²) in [6.45, 7) is 6.19. The van der Waals surface area contributed by atoms with E-state index < -0.39 is 0 Å². The Morgan fingerprint density at radius 3 is 2.33 bits per heavy atom. The quantitative estimate of drug-likeness (QED) is 0.562. The van der Waals surface area contributed by atoms with Gasteiger partial charge < -0.3 is 19.3 Å². The smallest absolute Gasteiger partial charge is 0.0780 e. The van der Waals surface area contributed by atoms with Crippen molar-refractivity contribution in [3.63, 3.8) is 0 Å². The SMILES string of the molecule is COCC(C)OCCCCOCC(C)O. The summed E-state index contributed by atoms with van der Waals surface area (Å²) in [6, 6.07) is 0. The Labute approximate surface area is 92.5 Å². The van der Waals surface area contributed by atoms with E-state index in [0.717, 1.165) is 19.4 Å². The maximum Gasteiger partial charge on any atom is 0.0780 e. The molecule has 0 aliphatic heterocycles. The predicted molar refractivity (Wildman–Crippen MR) is 59.0 cm³/mol. The first-order chi connectivity index (χ1) is 7.16. The van der Waals surface area contributed by atoms with Crippen LogP contribution in [0.3, 0.4) is 0 Å². The van der Waals surface area contributed by atoms with Crippen molar-refractivity contribution in [1.29, 1.82) is 0 Å². The molecule has 0 aliphatic rings. The lowest BCUT2D eigenvalue weighted by Gasteiger charge is -2.11. The molecule has 0 aliphatic carbocycles. The number of methoxy groups -OCH3 is 1. The zero-order valence-electron chi connectivity index (χ0n) is 10.1. The van der Waals surface area contributed by atoms with E-state index in [1.54, 1.807) is 14.0 Å². The normalized spacial score (nSPS) is 15.2. The van der Waals surface area contributed by atoms with Crippen molar-refractivity contribution >= 4 is 0 Å². The Morgan fingerprint density at radius 2 is 1.73 bits per heavy atom. The van der Waals surface area contributed by atoms with Crippen LogP contribution in [0.4, 0.5) is 0 Å². The van der Waals surface area contributed by atoms with Gasteiger partial charge in [-0.25, -0.2) is 0 Å². The number of aliphatic hydroxyl groups excluding tert-OH is 1. The first kappa shape index (κ1) is 14.8. The van der Waals surface area contributed by atoms with Gasteiger partial charge in [0.25, 0.3) is 0 Å². The van der Waals surface area contributed by atoms with E-state index in [1.165, 1.54) is 0 Å². The highest BCUT2D eigenvalue weighted by Crippen LogP contribution is 1.97. The highest BCUT2D eigenvalue weighted by Gasteiger charge is 2.00. The Bertz CT molecular complexity index is 128. The third-order valence-corrected chi connectivity index (χ3v) is 1.85. The van der Waals surface area contributed by atoms with Crippen LogP contribution in [-0.4, -0.2) is 50.9 Å². The van der Waals surface area contributed by atoms with Gasteiger partial charge in [0.2, 0.25) is 0 Å². The van der Waals surface area contributed by atoms with Gasteiger partial charge in [0.1, 0.15) is 0 Å². The average Bonchev–Trinajstić information content (AvgIpc) is 2.16. The van der Waals surface area contributed by atoms with Crippen molar-refractivity contribution in [1.82, 2.24) is 0 Å². The van der Waals surface area contributed by atoms with E-state index in [0.29, 0.717) is 19.8 Å². The van der Waals surface area contributed by atoms with Crippen LogP contribution in [0.1, 0.15) is 26.7 Å². The minimum Gasteiger partial charge on any atom is -0.391 e. The Kier molecular flexibility index (Phi) is 10.3. The fourth-order valence-electron chi connectivity index (χ4n) is 1.13. The molecule has 0 amide bonds. The third kappa shape index (κ3) is 11.8. The highest BCUT2D eigenvalue weighted by atomic mass is 16.5. The molecule has 0 rings (SSSR count). The molecule has 2 unspecified atom stereocenters. The van der Waals surface area contributed by atoms with Gasteiger partial charge in [0, 0.05) is 20.3 Å². The minimum absolute atomic E-state index is 0.161. The molecule has 92 valence electrons. The molecule has 0 aromatic carbocycles. The number of ether oxygens (including phenoxy) is 3. The largest absolute Gasteiger partial charge is 0.391 e. The first-order valence-corrected chi connectivity index (χ1v) is 5.53. The number of rotatable bonds is 10. The van der Waals surface area contributed by atoms with Crippen molar-refractivity contribution in [2.75, 3.05) is 33.5 Å². The molecule has 0 saturated carbocycles. The number of hydrogen-bond acceptors (Lipinski definition) is 4. The predicted octanol–water partition coefficient (Wildman–Crippen LogP) is 1.22. The van der Waals surface area contributed by atoms with Gasteiger partial charge >= 0.3 is 0 Å². The van der Waals surface area contributed by atoms with Crippen LogP contribution in [0.2, 0.25) is 0 Å². The molecule has 4 nitrogen and oxygen atoms in total. The number of aliphatic hydroxyl groups is 1. The van der Waals surface area contributed by atoms with Gasteiger partial charge in [-0.2, -0.15) is 0 Å². The lowest BCUT2D eigenvalue weighted by Crippen LogP contribution is -2.16. The van der Waals surface area contributed by atoms with Crippen LogP contribution in [-0.2, 0) is 14.2 Å². The van der Waals surface area contributed by atoms with Crippen LogP contribution in [0.15, 0.2) is 0 Å². The van der Waals surface area contributed by atoms with Gasteiger partial charge in [-0.1, -0.05) is 0 Å². The first-order valence-electron chi connectivity index (χ1n) is 5.53. The van der Waals surface area contributed by atoms with Crippen molar-refractivity contribution < 1.29 is 19.3 Å². The summed E-state index contributed by atoms with van der Waals surface area (Å²) in [5, 5.41) is 8.92. The second-order valence-corrected chi connectivity index (χ2v) is 3.77. The van der Waals surface area contributed by atoms with Crippen LogP contribution in [0, 0.1) is 0 Å². The summed E-state index contributed by atoms with van der Waals surface area (Å²) in [4.78, 5) is 0. The van der Waals surface area contributed by atoms with E-state index >= 15 is 0 Å². The van der Waals surface area contributed by atoms with Crippen molar-refractivity contribution in [2.45, 2.75) is 38.9 Å². The zero-order chi connectivity index (χ0) is 11.5. The molecule has 0 bridgehead atoms. The van der Waals surface area contributed by atoms with Gasteiger partial charge in [-0.15, -0.1) is 0 Å². The fourth-order valence-corrected chi connectivity index (χ4v) is 1.13. The topological polar surface area (TPSA) is 47.9 Å². The summed E-state index contributed by atoms with van der Waals surface area (Å²) in [6.07, 6.45) is 1.73. The van der Waals surface area contributed by atoms with Crippen LogP contribution >= 0.6 is 0 Å². The van der Waals surface area contributed by atoms with Gasteiger partial charge in [-0.3, -0.25) is 0 Å².